The van der Waals surface area contributed by atoms with Crippen molar-refractivity contribution in [3.05, 3.63) is 0 Å². The minimum atomic E-state index is 0. The first-order valence-electron chi connectivity index (χ1n) is 6.04. The van der Waals surface area contributed by atoms with Gasteiger partial charge in [0, 0.05) is 32.1 Å². The van der Waals surface area contributed by atoms with Crippen LogP contribution in [0.25, 0.3) is 0 Å². The average Bonchev–Trinajstić information content (AvgIpc) is 2.30. The van der Waals surface area contributed by atoms with Crippen LogP contribution in [0.4, 0.5) is 0 Å². The fraction of sp³-hybridized carbons (Fsp3) is 0.818. The van der Waals surface area contributed by atoms with E-state index in [1.165, 1.54) is 0 Å². The Morgan fingerprint density at radius 1 is 1.59 bits per heavy atom. The summed E-state index contributed by atoms with van der Waals surface area (Å²) in [5, 5.41) is 9.20. The van der Waals surface area contributed by atoms with Crippen LogP contribution >= 0.6 is 24.0 Å². The predicted molar refractivity (Wildman–Crippen MR) is 80.9 cm³/mol. The van der Waals surface area contributed by atoms with Crippen LogP contribution in [-0.4, -0.2) is 37.5 Å². The smallest absolute Gasteiger partial charge is 0.221 e. The van der Waals surface area contributed by atoms with Crippen LogP contribution in [-0.2, 0) is 4.79 Å². The molecule has 17 heavy (non-hydrogen) atoms. The molecule has 1 amide bonds. The molecule has 1 atom stereocenters. The summed E-state index contributed by atoms with van der Waals surface area (Å²) in [7, 11) is 0. The quantitative estimate of drug-likeness (QED) is 0.642. The number of halogens is 1. The zero-order valence-electron chi connectivity index (χ0n) is 10.6. The van der Waals surface area contributed by atoms with Crippen LogP contribution < -0.4 is 16.0 Å². The summed E-state index contributed by atoms with van der Waals surface area (Å²) in [5.74, 6) is 0.917. The highest BCUT2D eigenvalue weighted by Gasteiger charge is 2.06. The number of rotatable bonds is 5. The van der Waals surface area contributed by atoms with Gasteiger partial charge in [0.05, 0.1) is 0 Å². The third-order valence-corrected chi connectivity index (χ3v) is 2.56. The number of carbonyl (C=O) groups is 1. The lowest BCUT2D eigenvalue weighted by molar-refractivity contribution is -0.121. The lowest BCUT2D eigenvalue weighted by atomic mass is 10.2. The Morgan fingerprint density at radius 2 is 2.35 bits per heavy atom. The monoisotopic (exact) mass is 354 g/mol. The number of nitrogens with zero attached hydrogens (tertiary/aromatic N) is 1. The summed E-state index contributed by atoms with van der Waals surface area (Å²) in [6, 6.07) is 0.262. The second-order valence-electron chi connectivity index (χ2n) is 4.06. The molecule has 0 spiro atoms. The first-order valence-corrected chi connectivity index (χ1v) is 6.04. The first kappa shape index (κ1) is 16.5. The molecule has 0 aliphatic carbocycles. The molecule has 6 heteroatoms. The number of aliphatic imine (C=N–C) groups is 1. The summed E-state index contributed by atoms with van der Waals surface area (Å²) < 4.78 is 0. The van der Waals surface area contributed by atoms with Crippen LogP contribution in [0, 0.1) is 0 Å². The Balaban J connectivity index is 0.00000256. The Kier molecular flexibility index (Phi) is 9.20. The van der Waals surface area contributed by atoms with Crippen molar-refractivity contribution in [1.29, 1.82) is 0 Å². The maximum absolute atomic E-state index is 11.4. The van der Waals surface area contributed by atoms with E-state index in [2.05, 4.69) is 27.9 Å². The standard InChI is InChI=1S/C11H22N4O.HI/c1-3-9(2)15-10(16)5-8-14-11-12-6-4-7-13-11;/h9H,3-8H2,1-2H3,(H,15,16)(H2,12,13,14);1H. The van der Waals surface area contributed by atoms with Gasteiger partial charge in [-0.25, -0.2) is 0 Å². The van der Waals surface area contributed by atoms with Crippen LogP contribution in [0.15, 0.2) is 4.99 Å². The van der Waals surface area contributed by atoms with Crippen molar-refractivity contribution in [2.75, 3.05) is 19.6 Å². The van der Waals surface area contributed by atoms with Crippen molar-refractivity contribution in [2.24, 2.45) is 4.99 Å². The van der Waals surface area contributed by atoms with Gasteiger partial charge in [0.1, 0.15) is 0 Å². The fourth-order valence-corrected chi connectivity index (χ4v) is 1.39. The Bertz CT molecular complexity index is 258. The molecule has 1 rings (SSSR count). The molecular formula is C11H23IN4O. The summed E-state index contributed by atoms with van der Waals surface area (Å²) in [6.07, 6.45) is 2.54. The summed E-state index contributed by atoms with van der Waals surface area (Å²) in [5.41, 5.74) is 0. The first-order chi connectivity index (χ1) is 7.72. The molecule has 0 aromatic rings. The van der Waals surface area contributed by atoms with Crippen LogP contribution in [0.2, 0.25) is 0 Å². The summed E-state index contributed by atoms with van der Waals surface area (Å²) in [6.45, 7) is 6.54. The Morgan fingerprint density at radius 3 is 2.94 bits per heavy atom. The predicted octanol–water partition coefficient (Wildman–Crippen LogP) is 0.848. The van der Waals surface area contributed by atoms with Gasteiger partial charge in [-0.3, -0.25) is 9.79 Å². The van der Waals surface area contributed by atoms with E-state index in [0.29, 0.717) is 13.0 Å². The second kappa shape index (κ2) is 9.49. The SMILES string of the molecule is CCC(C)NC(=O)CCNC1=NCCCN1.I. The van der Waals surface area contributed by atoms with Gasteiger partial charge in [0.25, 0.3) is 0 Å². The highest BCUT2D eigenvalue weighted by Crippen LogP contribution is 1.90. The van der Waals surface area contributed by atoms with Gasteiger partial charge >= 0.3 is 0 Å². The number of amides is 1. The van der Waals surface area contributed by atoms with Gasteiger partial charge in [-0.2, -0.15) is 0 Å². The van der Waals surface area contributed by atoms with Gasteiger partial charge < -0.3 is 16.0 Å². The van der Waals surface area contributed by atoms with E-state index in [1.807, 2.05) is 6.92 Å². The molecule has 0 fully saturated rings. The summed E-state index contributed by atoms with van der Waals surface area (Å²) >= 11 is 0. The molecule has 0 aromatic carbocycles. The zero-order valence-corrected chi connectivity index (χ0v) is 12.9. The normalized spacial score (nSPS) is 16.0. The maximum atomic E-state index is 11.4. The third-order valence-electron chi connectivity index (χ3n) is 2.56. The van der Waals surface area contributed by atoms with Crippen LogP contribution in [0.5, 0.6) is 0 Å². The molecule has 3 N–H and O–H groups in total. The molecule has 0 radical (unpaired) electrons. The lowest BCUT2D eigenvalue weighted by Gasteiger charge is -2.16. The molecule has 1 aliphatic rings. The lowest BCUT2D eigenvalue weighted by Crippen LogP contribution is -2.42. The molecule has 1 aliphatic heterocycles. The second-order valence-corrected chi connectivity index (χ2v) is 4.06. The topological polar surface area (TPSA) is 65.5 Å². The van der Waals surface area contributed by atoms with Gasteiger partial charge in [-0.1, -0.05) is 6.92 Å². The van der Waals surface area contributed by atoms with E-state index in [1.54, 1.807) is 0 Å². The molecule has 100 valence electrons. The molecular weight excluding hydrogens is 331 g/mol. The van der Waals surface area contributed by atoms with Gasteiger partial charge in [0.15, 0.2) is 5.96 Å². The van der Waals surface area contributed by atoms with Gasteiger partial charge in [-0.15, -0.1) is 24.0 Å². The number of carbonyl (C=O) groups excluding carboxylic acids is 1. The number of guanidine groups is 1. The Labute approximate surface area is 120 Å². The van der Waals surface area contributed by atoms with Crippen molar-refractivity contribution in [3.8, 4) is 0 Å². The Hall–Kier alpha value is -0.530. The van der Waals surface area contributed by atoms with E-state index in [0.717, 1.165) is 31.9 Å². The third kappa shape index (κ3) is 7.40. The van der Waals surface area contributed by atoms with Crippen LogP contribution in [0.3, 0.4) is 0 Å². The highest BCUT2D eigenvalue weighted by atomic mass is 127. The van der Waals surface area contributed by atoms with E-state index in [9.17, 15) is 4.79 Å². The van der Waals surface area contributed by atoms with Gasteiger partial charge in [0.2, 0.25) is 5.91 Å². The molecule has 5 nitrogen and oxygen atoms in total. The molecule has 1 unspecified atom stereocenters. The molecule has 1 heterocycles. The molecule has 0 saturated carbocycles. The van der Waals surface area contributed by atoms with E-state index in [-0.39, 0.29) is 35.9 Å². The number of hydrogen-bond acceptors (Lipinski definition) is 4. The molecule has 0 bridgehead atoms. The minimum absolute atomic E-state index is 0. The molecule has 0 saturated heterocycles. The fourth-order valence-electron chi connectivity index (χ4n) is 1.39. The van der Waals surface area contributed by atoms with Crippen molar-refractivity contribution >= 4 is 35.8 Å². The zero-order chi connectivity index (χ0) is 11.8. The number of hydrogen-bond donors (Lipinski definition) is 3. The van der Waals surface area contributed by atoms with E-state index >= 15 is 0 Å². The van der Waals surface area contributed by atoms with E-state index < -0.39 is 0 Å². The van der Waals surface area contributed by atoms with Crippen molar-refractivity contribution in [2.45, 2.75) is 39.2 Å². The van der Waals surface area contributed by atoms with Crippen molar-refractivity contribution < 1.29 is 4.79 Å². The largest absolute Gasteiger partial charge is 0.356 e. The van der Waals surface area contributed by atoms with Crippen LogP contribution in [0.1, 0.15) is 33.1 Å². The summed E-state index contributed by atoms with van der Waals surface area (Å²) in [4.78, 5) is 15.7. The van der Waals surface area contributed by atoms with Crippen molar-refractivity contribution in [1.82, 2.24) is 16.0 Å². The minimum Gasteiger partial charge on any atom is -0.356 e. The van der Waals surface area contributed by atoms with E-state index in [4.69, 9.17) is 0 Å². The number of nitrogens with one attached hydrogen (secondary N) is 3. The highest BCUT2D eigenvalue weighted by molar-refractivity contribution is 14.0. The molecule has 0 aromatic heterocycles. The van der Waals surface area contributed by atoms with Gasteiger partial charge in [-0.05, 0) is 19.8 Å². The maximum Gasteiger partial charge on any atom is 0.221 e. The average molecular weight is 354 g/mol. The van der Waals surface area contributed by atoms with Crippen molar-refractivity contribution in [3.63, 3.8) is 0 Å².